The molecule has 0 atom stereocenters. The van der Waals surface area contributed by atoms with Crippen molar-refractivity contribution in [2.24, 2.45) is 0 Å². The van der Waals surface area contributed by atoms with Gasteiger partial charge in [0.15, 0.2) is 0 Å². The maximum absolute atomic E-state index is 7.10. The van der Waals surface area contributed by atoms with Crippen LogP contribution in [0.25, 0.3) is 33.0 Å². The lowest BCUT2D eigenvalue weighted by Gasteiger charge is -2.28. The summed E-state index contributed by atoms with van der Waals surface area (Å²) in [6.07, 6.45) is 0. The van der Waals surface area contributed by atoms with E-state index in [4.69, 9.17) is 5.73 Å². The molecule has 6 aromatic rings. The highest BCUT2D eigenvalue weighted by Crippen LogP contribution is 2.46. The molecule has 0 heterocycles. The van der Waals surface area contributed by atoms with E-state index in [0.717, 1.165) is 45.0 Å². The number of benzene rings is 6. The molecule has 0 aliphatic carbocycles. The zero-order valence-corrected chi connectivity index (χ0v) is 19.9. The minimum absolute atomic E-state index is 0.750. The summed E-state index contributed by atoms with van der Waals surface area (Å²) in [5, 5.41) is 2.44. The van der Waals surface area contributed by atoms with Gasteiger partial charge in [-0.05, 0) is 63.9 Å². The van der Waals surface area contributed by atoms with Crippen LogP contribution in [-0.4, -0.2) is 0 Å². The molecular formula is C34H26N2. The molecule has 0 amide bonds. The van der Waals surface area contributed by atoms with Crippen LogP contribution in [0, 0.1) is 0 Å². The van der Waals surface area contributed by atoms with E-state index in [2.05, 4.69) is 132 Å². The highest BCUT2D eigenvalue weighted by molar-refractivity contribution is 6.00. The van der Waals surface area contributed by atoms with E-state index in [1.807, 2.05) is 18.2 Å². The maximum Gasteiger partial charge on any atom is 0.0698 e. The molecule has 36 heavy (non-hydrogen) atoms. The minimum atomic E-state index is 0.750. The summed E-state index contributed by atoms with van der Waals surface area (Å²) in [4.78, 5) is 2.23. The second-order valence-corrected chi connectivity index (χ2v) is 8.86. The van der Waals surface area contributed by atoms with Crippen molar-refractivity contribution in [2.75, 3.05) is 10.6 Å². The van der Waals surface area contributed by atoms with Gasteiger partial charge in [-0.15, -0.1) is 0 Å². The largest absolute Gasteiger partial charge is 0.397 e. The summed E-state index contributed by atoms with van der Waals surface area (Å²) < 4.78 is 0. The Labute approximate surface area is 211 Å². The SMILES string of the molecule is Nc1c(N(c2ccccc2)c2ccccc2)ccc(-c2ccc3ccccc3c2)c1-c1ccccc1. The molecule has 0 spiro atoms. The molecule has 0 saturated carbocycles. The van der Waals surface area contributed by atoms with Gasteiger partial charge < -0.3 is 10.6 Å². The van der Waals surface area contributed by atoms with Crippen molar-refractivity contribution >= 4 is 33.5 Å². The summed E-state index contributed by atoms with van der Waals surface area (Å²) in [5.41, 5.74) is 15.3. The Morgan fingerprint density at radius 3 is 1.64 bits per heavy atom. The zero-order valence-electron chi connectivity index (χ0n) is 19.9. The fourth-order valence-corrected chi connectivity index (χ4v) is 4.90. The Balaban J connectivity index is 1.61. The highest BCUT2D eigenvalue weighted by Gasteiger charge is 2.20. The number of nitrogen functional groups attached to an aromatic ring is 1. The zero-order chi connectivity index (χ0) is 24.3. The molecule has 6 rings (SSSR count). The first kappa shape index (κ1) is 21.7. The lowest BCUT2D eigenvalue weighted by molar-refractivity contribution is 1.29. The van der Waals surface area contributed by atoms with E-state index in [9.17, 15) is 0 Å². The summed E-state index contributed by atoms with van der Waals surface area (Å²) in [7, 11) is 0. The summed E-state index contributed by atoms with van der Waals surface area (Å²) >= 11 is 0. The van der Waals surface area contributed by atoms with Crippen molar-refractivity contribution in [3.63, 3.8) is 0 Å². The van der Waals surface area contributed by atoms with Crippen molar-refractivity contribution in [3.05, 3.63) is 146 Å². The third-order valence-corrected chi connectivity index (χ3v) is 6.62. The average molecular weight is 463 g/mol. The van der Waals surface area contributed by atoms with Crippen LogP contribution in [0.1, 0.15) is 0 Å². The second-order valence-electron chi connectivity index (χ2n) is 8.86. The van der Waals surface area contributed by atoms with Gasteiger partial charge in [0.05, 0.1) is 11.4 Å². The summed E-state index contributed by atoms with van der Waals surface area (Å²) in [6, 6.07) is 50.7. The standard InChI is InChI=1S/C34H26N2/c35-34-32(36(29-16-6-2-7-17-29)30-18-8-3-9-19-30)23-22-31(33(34)26-13-4-1-5-14-26)28-21-20-25-12-10-11-15-27(25)24-28/h1-24H,35H2. The molecule has 0 bridgehead atoms. The monoisotopic (exact) mass is 462 g/mol. The Bertz CT molecular complexity index is 1590. The van der Waals surface area contributed by atoms with Crippen LogP contribution < -0.4 is 10.6 Å². The molecule has 0 saturated heterocycles. The van der Waals surface area contributed by atoms with E-state index >= 15 is 0 Å². The smallest absolute Gasteiger partial charge is 0.0698 e. The van der Waals surface area contributed by atoms with E-state index in [1.54, 1.807) is 0 Å². The number of hydrogen-bond donors (Lipinski definition) is 1. The van der Waals surface area contributed by atoms with Crippen molar-refractivity contribution in [1.82, 2.24) is 0 Å². The molecule has 0 unspecified atom stereocenters. The molecule has 0 aromatic heterocycles. The van der Waals surface area contributed by atoms with Gasteiger partial charge in [-0.1, -0.05) is 109 Å². The first-order chi connectivity index (χ1) is 17.8. The molecule has 0 fully saturated rings. The average Bonchev–Trinajstić information content (AvgIpc) is 2.95. The van der Waals surface area contributed by atoms with Crippen LogP contribution in [0.3, 0.4) is 0 Å². The lowest BCUT2D eigenvalue weighted by Crippen LogP contribution is -2.12. The fraction of sp³-hybridized carbons (Fsp3) is 0. The summed E-state index contributed by atoms with van der Waals surface area (Å²) in [5.74, 6) is 0. The topological polar surface area (TPSA) is 29.3 Å². The highest BCUT2D eigenvalue weighted by atomic mass is 15.1. The number of hydrogen-bond acceptors (Lipinski definition) is 2. The van der Waals surface area contributed by atoms with E-state index < -0.39 is 0 Å². The number of rotatable bonds is 5. The molecule has 2 N–H and O–H groups in total. The Kier molecular flexibility index (Phi) is 5.69. The second kappa shape index (κ2) is 9.44. The van der Waals surface area contributed by atoms with Crippen molar-refractivity contribution < 1.29 is 0 Å². The predicted octanol–water partition coefficient (Wildman–Crippen LogP) is 9.23. The van der Waals surface area contributed by atoms with Crippen LogP contribution >= 0.6 is 0 Å². The lowest BCUT2D eigenvalue weighted by atomic mass is 9.91. The third-order valence-electron chi connectivity index (χ3n) is 6.62. The Morgan fingerprint density at radius 1 is 0.444 bits per heavy atom. The van der Waals surface area contributed by atoms with Crippen LogP contribution in [-0.2, 0) is 0 Å². The number of nitrogens with two attached hydrogens (primary N) is 1. The number of nitrogens with zero attached hydrogens (tertiary/aromatic N) is 1. The van der Waals surface area contributed by atoms with Gasteiger partial charge in [0.25, 0.3) is 0 Å². The molecule has 2 heteroatoms. The normalized spacial score (nSPS) is 10.9. The molecule has 0 aliphatic heterocycles. The molecule has 6 aromatic carbocycles. The van der Waals surface area contributed by atoms with Crippen molar-refractivity contribution in [3.8, 4) is 22.3 Å². The number of para-hydroxylation sites is 2. The van der Waals surface area contributed by atoms with Gasteiger partial charge in [-0.2, -0.15) is 0 Å². The molecular weight excluding hydrogens is 436 g/mol. The Morgan fingerprint density at radius 2 is 1.00 bits per heavy atom. The van der Waals surface area contributed by atoms with E-state index in [1.165, 1.54) is 10.8 Å². The predicted molar refractivity (Wildman–Crippen MR) is 154 cm³/mol. The van der Waals surface area contributed by atoms with E-state index in [0.29, 0.717) is 0 Å². The number of fused-ring (bicyclic) bond motifs is 1. The van der Waals surface area contributed by atoms with Crippen molar-refractivity contribution in [2.45, 2.75) is 0 Å². The third kappa shape index (κ3) is 3.99. The van der Waals surface area contributed by atoms with Gasteiger partial charge in [-0.3, -0.25) is 0 Å². The number of anilines is 4. The van der Waals surface area contributed by atoms with Gasteiger partial charge in [0.2, 0.25) is 0 Å². The fourth-order valence-electron chi connectivity index (χ4n) is 4.90. The maximum atomic E-state index is 7.10. The van der Waals surface area contributed by atoms with Gasteiger partial charge in [0, 0.05) is 16.9 Å². The van der Waals surface area contributed by atoms with Crippen LogP contribution in [0.5, 0.6) is 0 Å². The first-order valence-corrected chi connectivity index (χ1v) is 12.2. The van der Waals surface area contributed by atoms with Crippen molar-refractivity contribution in [1.29, 1.82) is 0 Å². The van der Waals surface area contributed by atoms with Gasteiger partial charge in [-0.25, -0.2) is 0 Å². The van der Waals surface area contributed by atoms with Crippen LogP contribution in [0.2, 0.25) is 0 Å². The Hall–Kier alpha value is -4.82. The molecule has 172 valence electrons. The molecule has 0 radical (unpaired) electrons. The summed E-state index contributed by atoms with van der Waals surface area (Å²) in [6.45, 7) is 0. The molecule has 0 aliphatic rings. The van der Waals surface area contributed by atoms with Crippen LogP contribution in [0.15, 0.2) is 146 Å². The minimum Gasteiger partial charge on any atom is -0.397 e. The van der Waals surface area contributed by atoms with Gasteiger partial charge >= 0.3 is 0 Å². The first-order valence-electron chi connectivity index (χ1n) is 12.2. The van der Waals surface area contributed by atoms with E-state index in [-0.39, 0.29) is 0 Å². The molecule has 2 nitrogen and oxygen atoms in total. The quantitative estimate of drug-likeness (QED) is 0.259. The van der Waals surface area contributed by atoms with Crippen LogP contribution in [0.4, 0.5) is 22.7 Å². The van der Waals surface area contributed by atoms with Gasteiger partial charge in [0.1, 0.15) is 0 Å².